The maximum Gasteiger partial charge on any atom is 0.0468 e. The minimum Gasteiger partial charge on any atom is -0.310 e. The van der Waals surface area contributed by atoms with Crippen molar-refractivity contribution in [3.05, 3.63) is 209 Å². The molecule has 0 unspecified atom stereocenters. The SMILES string of the molecule is CC1(C)c2ccccc2-c2cc(N(c3ccc(-c4ccc5c(c4)C4(c6cccc(-c7ccccc7)c6-5)C5CC6CC(C5)CC4C6)cc3)c3ccc4c(c3)-c3ccccc3C4(C)C)ccc21. The fraction of sp³-hybridized carbons (Fsp3) is 0.250. The second-order valence-corrected chi connectivity index (χ2v) is 21.7. The summed E-state index contributed by atoms with van der Waals surface area (Å²) in [4.78, 5) is 2.50. The second kappa shape index (κ2) is 13.3. The zero-order valence-corrected chi connectivity index (χ0v) is 38.0. The van der Waals surface area contributed by atoms with E-state index in [0.717, 1.165) is 11.8 Å². The summed E-state index contributed by atoms with van der Waals surface area (Å²) in [5, 5.41) is 0. The van der Waals surface area contributed by atoms with E-state index in [2.05, 4.69) is 209 Å². The first-order chi connectivity index (χ1) is 31.7. The van der Waals surface area contributed by atoms with Gasteiger partial charge in [0, 0.05) is 33.3 Å². The molecule has 0 radical (unpaired) electrons. The quantitative estimate of drug-likeness (QED) is 0.167. The molecule has 0 amide bonds. The lowest BCUT2D eigenvalue weighted by molar-refractivity contribution is -0.0399. The van der Waals surface area contributed by atoms with E-state index >= 15 is 0 Å². The van der Waals surface area contributed by atoms with Gasteiger partial charge < -0.3 is 4.90 Å². The molecule has 8 aromatic carbocycles. The number of nitrogens with zero attached hydrogens (tertiary/aromatic N) is 1. The average molecular weight is 838 g/mol. The Hall–Kier alpha value is -6.44. The molecule has 0 saturated heterocycles. The van der Waals surface area contributed by atoms with E-state index in [4.69, 9.17) is 0 Å². The molecule has 4 fully saturated rings. The third-order valence-corrected chi connectivity index (χ3v) is 17.9. The molecule has 0 N–H and O–H groups in total. The Morgan fingerprint density at radius 1 is 0.338 bits per heavy atom. The molecule has 4 saturated carbocycles. The zero-order chi connectivity index (χ0) is 43.4. The molecular formula is C64H55N. The first kappa shape index (κ1) is 37.9. The molecule has 1 nitrogen and oxygen atoms in total. The number of rotatable bonds is 5. The highest BCUT2D eigenvalue weighted by Crippen LogP contribution is 2.70. The molecule has 0 atom stereocenters. The predicted molar refractivity (Wildman–Crippen MR) is 270 cm³/mol. The van der Waals surface area contributed by atoms with Crippen LogP contribution in [-0.2, 0) is 16.2 Å². The molecule has 4 bridgehead atoms. The number of fused-ring (bicyclic) bond motifs is 9. The molecular weight excluding hydrogens is 783 g/mol. The summed E-state index contributed by atoms with van der Waals surface area (Å²) in [7, 11) is 0. The minimum absolute atomic E-state index is 0.0462. The molecule has 0 heterocycles. The van der Waals surface area contributed by atoms with E-state index in [1.165, 1.54) is 127 Å². The van der Waals surface area contributed by atoms with E-state index in [9.17, 15) is 0 Å². The fourth-order valence-electron chi connectivity index (χ4n) is 15.2. The predicted octanol–water partition coefficient (Wildman–Crippen LogP) is 16.8. The van der Waals surface area contributed by atoms with Crippen LogP contribution in [0.5, 0.6) is 0 Å². The summed E-state index contributed by atoms with van der Waals surface area (Å²) < 4.78 is 0. The highest BCUT2D eigenvalue weighted by atomic mass is 15.1. The van der Waals surface area contributed by atoms with Gasteiger partial charge in [-0.3, -0.25) is 0 Å². The zero-order valence-electron chi connectivity index (χ0n) is 38.0. The Morgan fingerprint density at radius 2 is 0.831 bits per heavy atom. The van der Waals surface area contributed by atoms with Crippen molar-refractivity contribution in [2.45, 2.75) is 76.0 Å². The monoisotopic (exact) mass is 837 g/mol. The van der Waals surface area contributed by atoms with Crippen LogP contribution in [0.15, 0.2) is 176 Å². The molecule has 1 spiro atoms. The van der Waals surface area contributed by atoms with E-state index in [1.54, 1.807) is 11.1 Å². The van der Waals surface area contributed by atoms with Crippen LogP contribution in [0.1, 0.15) is 93.2 Å². The van der Waals surface area contributed by atoms with Crippen molar-refractivity contribution in [2.75, 3.05) is 4.90 Å². The summed E-state index contributed by atoms with van der Waals surface area (Å²) in [6.45, 7) is 9.49. The highest BCUT2D eigenvalue weighted by molar-refractivity contribution is 5.95. The van der Waals surface area contributed by atoms with Crippen molar-refractivity contribution < 1.29 is 0 Å². The van der Waals surface area contributed by atoms with Crippen LogP contribution in [-0.4, -0.2) is 0 Å². The van der Waals surface area contributed by atoms with Gasteiger partial charge in [-0.15, -0.1) is 0 Å². The van der Waals surface area contributed by atoms with Gasteiger partial charge in [-0.2, -0.15) is 0 Å². The number of benzene rings is 8. The standard InChI is InChI=1S/C64H55N/c1-62(2)55-18-10-8-15-50(55)53-37-47(26-29-57(53)62)65(48-27-30-58-54(38-48)51-16-9-11-19-56(51)63(58,3)4)46-24-21-41(22-25-46)43-23-28-52-60(36-43)64(44-32-39-31-40(34-44)35-45(64)33-39)59-20-12-17-49(61(52)59)42-13-6-5-7-14-42/h5-30,36-40,44-45H,31-35H2,1-4H3. The molecule has 316 valence electrons. The van der Waals surface area contributed by atoms with E-state index in [-0.39, 0.29) is 16.2 Å². The lowest BCUT2D eigenvalue weighted by Crippen LogP contribution is -2.55. The molecule has 65 heavy (non-hydrogen) atoms. The van der Waals surface area contributed by atoms with Crippen molar-refractivity contribution in [3.8, 4) is 55.6 Å². The minimum atomic E-state index is -0.0462. The van der Waals surface area contributed by atoms with Crippen LogP contribution < -0.4 is 4.90 Å². The summed E-state index contributed by atoms with van der Waals surface area (Å²) in [5.74, 6) is 3.24. The van der Waals surface area contributed by atoms with Crippen molar-refractivity contribution in [1.29, 1.82) is 0 Å². The van der Waals surface area contributed by atoms with E-state index < -0.39 is 0 Å². The van der Waals surface area contributed by atoms with Crippen molar-refractivity contribution >= 4 is 17.1 Å². The maximum absolute atomic E-state index is 2.65. The molecule has 7 aliphatic carbocycles. The topological polar surface area (TPSA) is 3.24 Å². The van der Waals surface area contributed by atoms with Crippen LogP contribution in [0.3, 0.4) is 0 Å². The number of anilines is 3. The Balaban J connectivity index is 0.910. The molecule has 1 heteroatoms. The van der Waals surface area contributed by atoms with Crippen LogP contribution in [0.4, 0.5) is 17.1 Å². The van der Waals surface area contributed by atoms with Crippen LogP contribution in [0, 0.1) is 23.7 Å². The van der Waals surface area contributed by atoms with Gasteiger partial charge in [0.05, 0.1) is 0 Å². The first-order valence-electron chi connectivity index (χ1n) is 24.4. The lowest BCUT2D eigenvalue weighted by atomic mass is 9.43. The fourth-order valence-corrected chi connectivity index (χ4v) is 15.2. The van der Waals surface area contributed by atoms with Gasteiger partial charge in [0.25, 0.3) is 0 Å². The molecule has 8 aromatic rings. The molecule has 15 rings (SSSR count). The van der Waals surface area contributed by atoms with Gasteiger partial charge in [0.1, 0.15) is 0 Å². The van der Waals surface area contributed by atoms with Crippen molar-refractivity contribution in [1.82, 2.24) is 0 Å². The van der Waals surface area contributed by atoms with Crippen molar-refractivity contribution in [3.63, 3.8) is 0 Å². The highest BCUT2D eigenvalue weighted by Gasteiger charge is 2.62. The van der Waals surface area contributed by atoms with Crippen LogP contribution in [0.2, 0.25) is 0 Å². The second-order valence-electron chi connectivity index (χ2n) is 21.7. The van der Waals surface area contributed by atoms with Crippen LogP contribution in [0.25, 0.3) is 55.6 Å². The van der Waals surface area contributed by atoms with Gasteiger partial charge >= 0.3 is 0 Å². The normalized spacial score (nSPS) is 23.7. The summed E-state index contributed by atoms with van der Waals surface area (Å²) in [5.41, 5.74) is 26.0. The van der Waals surface area contributed by atoms with Gasteiger partial charge in [-0.05, 0) is 187 Å². The Bertz CT molecular complexity index is 3140. The van der Waals surface area contributed by atoms with Gasteiger partial charge in [-0.25, -0.2) is 0 Å². The van der Waals surface area contributed by atoms with E-state index in [0.29, 0.717) is 11.8 Å². The van der Waals surface area contributed by atoms with Gasteiger partial charge in [0.15, 0.2) is 0 Å². The molecule has 0 aromatic heterocycles. The van der Waals surface area contributed by atoms with Gasteiger partial charge in [-0.1, -0.05) is 161 Å². The maximum atomic E-state index is 2.65. The van der Waals surface area contributed by atoms with Crippen molar-refractivity contribution in [2.24, 2.45) is 23.7 Å². The molecule has 7 aliphatic rings. The summed E-state index contributed by atoms with van der Waals surface area (Å²) in [6.07, 6.45) is 6.99. The summed E-state index contributed by atoms with van der Waals surface area (Å²) >= 11 is 0. The number of hydrogen-bond donors (Lipinski definition) is 0. The Morgan fingerprint density at radius 3 is 1.43 bits per heavy atom. The Kier molecular flexibility index (Phi) is 7.77. The molecule has 0 aliphatic heterocycles. The summed E-state index contributed by atoms with van der Waals surface area (Å²) in [6, 6.07) is 68.0. The van der Waals surface area contributed by atoms with Gasteiger partial charge in [0.2, 0.25) is 0 Å². The third kappa shape index (κ3) is 5.11. The largest absolute Gasteiger partial charge is 0.310 e. The smallest absolute Gasteiger partial charge is 0.0468 e. The Labute approximate surface area is 384 Å². The average Bonchev–Trinajstić information content (AvgIpc) is 3.85. The lowest BCUT2D eigenvalue weighted by Gasteiger charge is -2.61. The number of hydrogen-bond acceptors (Lipinski definition) is 1. The third-order valence-electron chi connectivity index (χ3n) is 17.9. The van der Waals surface area contributed by atoms with Crippen LogP contribution >= 0.6 is 0 Å². The van der Waals surface area contributed by atoms with E-state index in [1.807, 2.05) is 0 Å². The first-order valence-corrected chi connectivity index (χ1v) is 24.4.